The SMILES string of the molecule is CC(C)N1CC(C(=O)Nc2ccc(C(=O)Nc3nnc(CCCc4ccccc4)s3)cc2)CC1=O. The molecular weight excluding hydrogens is 462 g/mol. The zero-order valence-corrected chi connectivity index (χ0v) is 20.7. The van der Waals surface area contributed by atoms with Crippen LogP contribution in [0.25, 0.3) is 0 Å². The zero-order chi connectivity index (χ0) is 24.8. The summed E-state index contributed by atoms with van der Waals surface area (Å²) in [5.74, 6) is -0.841. The number of nitrogens with one attached hydrogen (secondary N) is 2. The van der Waals surface area contributed by atoms with Crippen molar-refractivity contribution in [1.29, 1.82) is 0 Å². The summed E-state index contributed by atoms with van der Waals surface area (Å²) < 4.78 is 0. The molecule has 0 radical (unpaired) electrons. The molecule has 4 rings (SSSR count). The minimum absolute atomic E-state index is 0.00296. The van der Waals surface area contributed by atoms with E-state index in [0.717, 1.165) is 24.3 Å². The Kier molecular flexibility index (Phi) is 7.87. The van der Waals surface area contributed by atoms with Crippen LogP contribution in [0, 0.1) is 5.92 Å². The van der Waals surface area contributed by atoms with Gasteiger partial charge in [0.05, 0.1) is 5.92 Å². The third-order valence-corrected chi connectivity index (χ3v) is 6.85. The topological polar surface area (TPSA) is 104 Å². The molecule has 1 aliphatic heterocycles. The summed E-state index contributed by atoms with van der Waals surface area (Å²) in [6.45, 7) is 4.31. The minimum Gasteiger partial charge on any atom is -0.339 e. The molecule has 8 nitrogen and oxygen atoms in total. The molecule has 182 valence electrons. The molecule has 1 aromatic heterocycles. The third kappa shape index (κ3) is 6.51. The number of aromatic nitrogens is 2. The number of nitrogens with zero attached hydrogens (tertiary/aromatic N) is 3. The maximum atomic E-state index is 12.6. The summed E-state index contributed by atoms with van der Waals surface area (Å²) in [6.07, 6.45) is 2.96. The van der Waals surface area contributed by atoms with Gasteiger partial charge in [0.1, 0.15) is 5.01 Å². The number of carbonyl (C=O) groups is 3. The van der Waals surface area contributed by atoms with Crippen molar-refractivity contribution in [2.75, 3.05) is 17.2 Å². The van der Waals surface area contributed by atoms with E-state index in [0.29, 0.717) is 22.9 Å². The fraction of sp³-hybridized carbons (Fsp3) is 0.346. The van der Waals surface area contributed by atoms with Crippen molar-refractivity contribution in [1.82, 2.24) is 15.1 Å². The van der Waals surface area contributed by atoms with Crippen molar-refractivity contribution in [3.8, 4) is 0 Å². The Morgan fingerprint density at radius 2 is 1.77 bits per heavy atom. The van der Waals surface area contributed by atoms with Crippen molar-refractivity contribution < 1.29 is 14.4 Å². The van der Waals surface area contributed by atoms with Crippen LogP contribution in [0.1, 0.15) is 47.6 Å². The Balaban J connectivity index is 1.25. The molecular formula is C26H29N5O3S. The standard InChI is InChI=1S/C26H29N5O3S/c1-17(2)31-16-20(15-23(31)32)25(34)27-21-13-11-19(12-14-21)24(33)28-26-30-29-22(35-26)10-6-9-18-7-4-3-5-8-18/h3-5,7-8,11-14,17,20H,6,9-10,15-16H2,1-2H3,(H,27,34)(H,28,30,33). The van der Waals surface area contributed by atoms with Gasteiger partial charge in [-0.1, -0.05) is 41.7 Å². The van der Waals surface area contributed by atoms with E-state index in [9.17, 15) is 14.4 Å². The van der Waals surface area contributed by atoms with Crippen molar-refractivity contribution in [3.63, 3.8) is 0 Å². The van der Waals surface area contributed by atoms with Gasteiger partial charge in [-0.05, 0) is 56.5 Å². The molecule has 3 amide bonds. The molecule has 0 spiro atoms. The first-order chi connectivity index (χ1) is 16.9. The number of benzene rings is 2. The zero-order valence-electron chi connectivity index (χ0n) is 19.9. The Bertz CT molecular complexity index is 1180. The van der Waals surface area contributed by atoms with E-state index < -0.39 is 0 Å². The molecule has 9 heteroatoms. The Morgan fingerprint density at radius 3 is 2.46 bits per heavy atom. The average Bonchev–Trinajstić information content (AvgIpc) is 3.46. The Labute approximate surface area is 208 Å². The van der Waals surface area contributed by atoms with Crippen LogP contribution in [0.3, 0.4) is 0 Å². The lowest BCUT2D eigenvalue weighted by Crippen LogP contribution is -2.33. The maximum Gasteiger partial charge on any atom is 0.257 e. The van der Waals surface area contributed by atoms with E-state index in [1.54, 1.807) is 29.2 Å². The molecule has 1 atom stereocenters. The molecule has 2 N–H and O–H groups in total. The smallest absolute Gasteiger partial charge is 0.257 e. The Hall–Kier alpha value is -3.59. The van der Waals surface area contributed by atoms with Crippen LogP contribution in [0.5, 0.6) is 0 Å². The van der Waals surface area contributed by atoms with E-state index in [1.807, 2.05) is 32.0 Å². The number of hydrogen-bond acceptors (Lipinski definition) is 6. The van der Waals surface area contributed by atoms with Crippen LogP contribution in [-0.4, -0.2) is 45.4 Å². The normalized spacial score (nSPS) is 15.5. The van der Waals surface area contributed by atoms with Gasteiger partial charge in [-0.3, -0.25) is 19.7 Å². The highest BCUT2D eigenvalue weighted by atomic mass is 32.1. The van der Waals surface area contributed by atoms with Gasteiger partial charge in [-0.2, -0.15) is 0 Å². The van der Waals surface area contributed by atoms with Crippen molar-refractivity contribution in [3.05, 3.63) is 70.7 Å². The van der Waals surface area contributed by atoms with Crippen molar-refractivity contribution in [2.45, 2.75) is 45.6 Å². The van der Waals surface area contributed by atoms with Crippen LogP contribution in [-0.2, 0) is 22.4 Å². The van der Waals surface area contributed by atoms with Gasteiger partial charge >= 0.3 is 0 Å². The van der Waals surface area contributed by atoms with Gasteiger partial charge in [0.25, 0.3) is 5.91 Å². The number of rotatable bonds is 9. The largest absolute Gasteiger partial charge is 0.339 e. The van der Waals surface area contributed by atoms with Gasteiger partial charge in [0.15, 0.2) is 0 Å². The predicted molar refractivity (Wildman–Crippen MR) is 136 cm³/mol. The third-order valence-electron chi connectivity index (χ3n) is 5.95. The molecule has 35 heavy (non-hydrogen) atoms. The lowest BCUT2D eigenvalue weighted by molar-refractivity contribution is -0.129. The lowest BCUT2D eigenvalue weighted by atomic mass is 10.1. The Morgan fingerprint density at radius 1 is 1.03 bits per heavy atom. The first kappa shape index (κ1) is 24.5. The van der Waals surface area contributed by atoms with Crippen molar-refractivity contribution >= 4 is 39.9 Å². The fourth-order valence-electron chi connectivity index (χ4n) is 4.02. The van der Waals surface area contributed by atoms with Crippen LogP contribution in [0.2, 0.25) is 0 Å². The molecule has 2 heterocycles. The van der Waals surface area contributed by atoms with Gasteiger partial charge in [0, 0.05) is 36.7 Å². The van der Waals surface area contributed by atoms with Crippen LogP contribution < -0.4 is 10.6 Å². The summed E-state index contributed by atoms with van der Waals surface area (Å²) in [5, 5.41) is 15.2. The first-order valence-corrected chi connectivity index (χ1v) is 12.6. The molecule has 0 saturated carbocycles. The molecule has 0 aliphatic carbocycles. The van der Waals surface area contributed by atoms with Gasteiger partial charge in [-0.25, -0.2) is 0 Å². The number of hydrogen-bond donors (Lipinski definition) is 2. The maximum absolute atomic E-state index is 12.6. The summed E-state index contributed by atoms with van der Waals surface area (Å²) in [5.41, 5.74) is 2.32. The lowest BCUT2D eigenvalue weighted by Gasteiger charge is -2.20. The molecule has 0 bridgehead atoms. The molecule has 1 aliphatic rings. The molecule has 1 saturated heterocycles. The second-order valence-electron chi connectivity index (χ2n) is 8.90. The highest BCUT2D eigenvalue weighted by Crippen LogP contribution is 2.23. The minimum atomic E-state index is -0.368. The second-order valence-corrected chi connectivity index (χ2v) is 9.96. The van der Waals surface area contributed by atoms with E-state index in [4.69, 9.17) is 0 Å². The number of amides is 3. The first-order valence-electron chi connectivity index (χ1n) is 11.8. The number of carbonyl (C=O) groups excluding carboxylic acids is 3. The van der Waals surface area contributed by atoms with E-state index >= 15 is 0 Å². The summed E-state index contributed by atoms with van der Waals surface area (Å²) >= 11 is 1.38. The summed E-state index contributed by atoms with van der Waals surface area (Å²) in [6, 6.07) is 17.0. The van der Waals surface area contributed by atoms with Gasteiger partial charge in [0.2, 0.25) is 16.9 Å². The predicted octanol–water partition coefficient (Wildman–Crippen LogP) is 4.16. The quantitative estimate of drug-likeness (QED) is 0.468. The van der Waals surface area contributed by atoms with Crippen LogP contribution in [0.15, 0.2) is 54.6 Å². The highest BCUT2D eigenvalue weighted by Gasteiger charge is 2.35. The molecule has 1 unspecified atom stereocenters. The van der Waals surface area contributed by atoms with Crippen LogP contribution in [0.4, 0.5) is 10.8 Å². The second kappa shape index (κ2) is 11.2. The molecule has 3 aromatic rings. The van der Waals surface area contributed by atoms with E-state index in [2.05, 4.69) is 33.0 Å². The number of anilines is 2. The summed E-state index contributed by atoms with van der Waals surface area (Å²) in [4.78, 5) is 38.9. The van der Waals surface area contributed by atoms with E-state index in [-0.39, 0.29) is 36.1 Å². The average molecular weight is 492 g/mol. The monoisotopic (exact) mass is 491 g/mol. The number of aryl methyl sites for hydroxylation is 2. The molecule has 2 aromatic carbocycles. The molecule has 1 fully saturated rings. The highest BCUT2D eigenvalue weighted by molar-refractivity contribution is 7.15. The van der Waals surface area contributed by atoms with Gasteiger partial charge in [-0.15, -0.1) is 10.2 Å². The summed E-state index contributed by atoms with van der Waals surface area (Å²) in [7, 11) is 0. The van der Waals surface area contributed by atoms with Gasteiger partial charge < -0.3 is 10.2 Å². The fourth-order valence-corrected chi connectivity index (χ4v) is 4.79. The van der Waals surface area contributed by atoms with Crippen molar-refractivity contribution in [2.24, 2.45) is 5.92 Å². The van der Waals surface area contributed by atoms with Crippen LogP contribution >= 0.6 is 11.3 Å². The van der Waals surface area contributed by atoms with E-state index in [1.165, 1.54) is 16.9 Å². The number of likely N-dealkylation sites (tertiary alicyclic amines) is 1.